The van der Waals surface area contributed by atoms with Gasteiger partial charge in [-0.3, -0.25) is 4.79 Å². The quantitative estimate of drug-likeness (QED) is 0.223. The summed E-state index contributed by atoms with van der Waals surface area (Å²) in [5.74, 6) is 0.159. The van der Waals surface area contributed by atoms with Gasteiger partial charge in [-0.25, -0.2) is 4.79 Å². The average molecular weight is 441 g/mol. The largest absolute Gasteiger partial charge is 0.426 e. The van der Waals surface area contributed by atoms with Gasteiger partial charge in [0.25, 0.3) is 0 Å². The first-order chi connectivity index (χ1) is 15.8. The van der Waals surface area contributed by atoms with E-state index in [1.807, 2.05) is 63.2 Å². The van der Waals surface area contributed by atoms with Crippen LogP contribution in [0.15, 0.2) is 85.0 Å². The van der Waals surface area contributed by atoms with E-state index in [2.05, 4.69) is 30.9 Å². The van der Waals surface area contributed by atoms with E-state index in [-0.39, 0.29) is 11.9 Å². The zero-order valence-electron chi connectivity index (χ0n) is 19.4. The Morgan fingerprint density at radius 3 is 1.91 bits per heavy atom. The minimum atomic E-state index is -0.438. The molecule has 0 spiro atoms. The fourth-order valence-electron chi connectivity index (χ4n) is 3.17. The number of rotatable bonds is 7. The molecular weight excluding hydrogens is 412 g/mol. The van der Waals surface area contributed by atoms with Gasteiger partial charge in [0.1, 0.15) is 11.5 Å². The Morgan fingerprint density at radius 1 is 0.818 bits per heavy atom. The highest BCUT2D eigenvalue weighted by Gasteiger charge is 2.11. The summed E-state index contributed by atoms with van der Waals surface area (Å²) in [6.07, 6.45) is 4.06. The van der Waals surface area contributed by atoms with Crippen molar-refractivity contribution in [3.8, 4) is 33.8 Å². The molecule has 0 aliphatic heterocycles. The second-order valence-electron chi connectivity index (χ2n) is 8.10. The maximum absolute atomic E-state index is 11.8. The Kier molecular flexibility index (Phi) is 7.62. The first-order valence-electron chi connectivity index (χ1n) is 10.9. The molecule has 0 unspecified atom stereocenters. The minimum Gasteiger partial charge on any atom is -0.426 e. The molecule has 0 saturated carbocycles. The fourth-order valence-corrected chi connectivity index (χ4v) is 3.17. The van der Waals surface area contributed by atoms with Crippen molar-refractivity contribution < 1.29 is 19.1 Å². The van der Waals surface area contributed by atoms with Crippen LogP contribution >= 0.6 is 0 Å². The molecule has 0 aliphatic rings. The van der Waals surface area contributed by atoms with Crippen LogP contribution < -0.4 is 9.47 Å². The standard InChI is InChI=1S/C29H28O4/c1-6-7-24-18-23(21-8-13-25(14-9-21)32-28(30)19(2)3)12-17-27(24)22-10-15-26(16-11-22)33-29(31)20(4)5/h6-19H,4H2,1-3,5H3/b7-6+. The number of hydrogen-bond donors (Lipinski definition) is 0. The minimum absolute atomic E-state index is 0.173. The zero-order valence-corrected chi connectivity index (χ0v) is 19.4. The van der Waals surface area contributed by atoms with Crippen LogP contribution in [0.25, 0.3) is 28.3 Å². The van der Waals surface area contributed by atoms with Gasteiger partial charge in [-0.1, -0.05) is 69.0 Å². The summed E-state index contributed by atoms with van der Waals surface area (Å²) < 4.78 is 10.7. The van der Waals surface area contributed by atoms with Crippen LogP contribution in [-0.4, -0.2) is 11.9 Å². The van der Waals surface area contributed by atoms with Crippen LogP contribution in [0.2, 0.25) is 0 Å². The Morgan fingerprint density at radius 2 is 1.36 bits per heavy atom. The van der Waals surface area contributed by atoms with Crippen molar-refractivity contribution in [2.45, 2.75) is 27.7 Å². The second kappa shape index (κ2) is 10.6. The predicted molar refractivity (Wildman–Crippen MR) is 133 cm³/mol. The van der Waals surface area contributed by atoms with Gasteiger partial charge in [0.05, 0.1) is 5.92 Å². The predicted octanol–water partition coefficient (Wildman–Crippen LogP) is 7.10. The van der Waals surface area contributed by atoms with E-state index >= 15 is 0 Å². The summed E-state index contributed by atoms with van der Waals surface area (Å²) in [5, 5.41) is 0. The smallest absolute Gasteiger partial charge is 0.338 e. The highest BCUT2D eigenvalue weighted by molar-refractivity contribution is 5.89. The SMILES string of the molecule is C=C(C)C(=O)Oc1ccc(-c2ccc(-c3ccc(OC(=O)C(C)C)cc3)cc2/C=C/C)cc1. The first kappa shape index (κ1) is 23.7. The number of allylic oxidation sites excluding steroid dienone is 1. The van der Waals surface area contributed by atoms with Gasteiger partial charge < -0.3 is 9.47 Å². The van der Waals surface area contributed by atoms with Crippen LogP contribution in [0.5, 0.6) is 11.5 Å². The lowest BCUT2D eigenvalue weighted by molar-refractivity contribution is -0.137. The molecule has 0 aliphatic carbocycles. The fraction of sp³-hybridized carbons (Fsp3) is 0.172. The van der Waals surface area contributed by atoms with Crippen LogP contribution in [0.3, 0.4) is 0 Å². The summed E-state index contributed by atoms with van der Waals surface area (Å²) >= 11 is 0. The zero-order chi connectivity index (χ0) is 24.0. The Hall–Kier alpha value is -3.92. The number of ether oxygens (including phenoxy) is 2. The van der Waals surface area contributed by atoms with E-state index in [0.29, 0.717) is 17.1 Å². The molecule has 3 aromatic carbocycles. The van der Waals surface area contributed by atoms with Crippen molar-refractivity contribution in [1.29, 1.82) is 0 Å². The van der Waals surface area contributed by atoms with E-state index < -0.39 is 5.97 Å². The molecular formula is C29H28O4. The number of esters is 2. The van der Waals surface area contributed by atoms with E-state index in [1.54, 1.807) is 19.1 Å². The second-order valence-corrected chi connectivity index (χ2v) is 8.10. The molecule has 0 atom stereocenters. The van der Waals surface area contributed by atoms with Gasteiger partial charge in [-0.05, 0) is 72.0 Å². The molecule has 168 valence electrons. The van der Waals surface area contributed by atoms with Gasteiger partial charge in [-0.2, -0.15) is 0 Å². The maximum Gasteiger partial charge on any atom is 0.338 e. The molecule has 0 saturated heterocycles. The molecule has 3 rings (SSSR count). The number of hydrogen-bond acceptors (Lipinski definition) is 4. The van der Waals surface area contributed by atoms with Gasteiger partial charge in [-0.15, -0.1) is 0 Å². The third-order valence-corrected chi connectivity index (χ3v) is 5.00. The highest BCUT2D eigenvalue weighted by atomic mass is 16.5. The molecule has 4 heteroatoms. The lowest BCUT2D eigenvalue weighted by Crippen LogP contribution is -2.14. The number of benzene rings is 3. The summed E-state index contributed by atoms with van der Waals surface area (Å²) in [7, 11) is 0. The van der Waals surface area contributed by atoms with E-state index in [9.17, 15) is 9.59 Å². The third-order valence-electron chi connectivity index (χ3n) is 5.00. The lowest BCUT2D eigenvalue weighted by atomic mass is 9.94. The number of carbonyl (C=O) groups is 2. The molecule has 0 amide bonds. The molecule has 0 heterocycles. The molecule has 0 bridgehead atoms. The molecule has 33 heavy (non-hydrogen) atoms. The summed E-state index contributed by atoms with van der Waals surface area (Å²) in [6.45, 7) is 10.8. The lowest BCUT2D eigenvalue weighted by Gasteiger charge is -2.12. The normalized spacial score (nSPS) is 10.9. The molecule has 0 radical (unpaired) electrons. The number of carbonyl (C=O) groups excluding carboxylic acids is 2. The van der Waals surface area contributed by atoms with Gasteiger partial charge in [0.15, 0.2) is 0 Å². The maximum atomic E-state index is 11.8. The van der Waals surface area contributed by atoms with Crippen molar-refractivity contribution >= 4 is 18.0 Å². The molecule has 4 nitrogen and oxygen atoms in total. The van der Waals surface area contributed by atoms with E-state index in [4.69, 9.17) is 9.47 Å². The van der Waals surface area contributed by atoms with Gasteiger partial charge in [0.2, 0.25) is 0 Å². The monoisotopic (exact) mass is 440 g/mol. The topological polar surface area (TPSA) is 52.6 Å². The van der Waals surface area contributed by atoms with Crippen LogP contribution in [-0.2, 0) is 9.59 Å². The Labute approximate surface area is 195 Å². The summed E-state index contributed by atoms with van der Waals surface area (Å²) in [6, 6.07) is 21.2. The van der Waals surface area contributed by atoms with E-state index in [1.165, 1.54) is 0 Å². The van der Waals surface area contributed by atoms with Crippen molar-refractivity contribution in [1.82, 2.24) is 0 Å². The van der Waals surface area contributed by atoms with Crippen molar-refractivity contribution in [3.63, 3.8) is 0 Å². The Balaban J connectivity index is 1.86. The van der Waals surface area contributed by atoms with Crippen molar-refractivity contribution in [2.75, 3.05) is 0 Å². The highest BCUT2D eigenvalue weighted by Crippen LogP contribution is 2.32. The van der Waals surface area contributed by atoms with E-state index in [0.717, 1.165) is 27.8 Å². The van der Waals surface area contributed by atoms with Crippen LogP contribution in [0, 0.1) is 5.92 Å². The van der Waals surface area contributed by atoms with Gasteiger partial charge >= 0.3 is 11.9 Å². The van der Waals surface area contributed by atoms with Crippen LogP contribution in [0.1, 0.15) is 33.3 Å². The summed E-state index contributed by atoms with van der Waals surface area (Å²) in [4.78, 5) is 23.5. The van der Waals surface area contributed by atoms with Crippen LogP contribution in [0.4, 0.5) is 0 Å². The molecule has 0 aromatic heterocycles. The molecule has 0 fully saturated rings. The average Bonchev–Trinajstić information content (AvgIpc) is 2.80. The van der Waals surface area contributed by atoms with Crippen molar-refractivity contribution in [2.24, 2.45) is 5.92 Å². The first-order valence-corrected chi connectivity index (χ1v) is 10.9. The third kappa shape index (κ3) is 6.07. The summed E-state index contributed by atoms with van der Waals surface area (Å²) in [5.41, 5.74) is 5.59. The molecule has 0 N–H and O–H groups in total. The van der Waals surface area contributed by atoms with Gasteiger partial charge in [0, 0.05) is 5.57 Å². The van der Waals surface area contributed by atoms with Crippen molar-refractivity contribution in [3.05, 3.63) is 90.5 Å². The Bertz CT molecular complexity index is 1180. The molecule has 3 aromatic rings.